The number of carbonyl (C=O) groups is 3. The van der Waals surface area contributed by atoms with Gasteiger partial charge in [0, 0.05) is 19.3 Å². The van der Waals surface area contributed by atoms with Gasteiger partial charge in [0.2, 0.25) is 0 Å². The molecule has 352 valence electrons. The van der Waals surface area contributed by atoms with Crippen LogP contribution < -0.4 is 0 Å². The van der Waals surface area contributed by atoms with Crippen LogP contribution >= 0.6 is 0 Å². The summed E-state index contributed by atoms with van der Waals surface area (Å²) >= 11 is 0. The highest BCUT2D eigenvalue weighted by molar-refractivity contribution is 5.71. The molecule has 0 saturated heterocycles. The van der Waals surface area contributed by atoms with Crippen LogP contribution in [-0.4, -0.2) is 37.2 Å². The van der Waals surface area contributed by atoms with E-state index in [1.54, 1.807) is 0 Å². The number of unbranched alkanes of at least 4 members (excludes halogenated alkanes) is 25. The highest BCUT2D eigenvalue weighted by Crippen LogP contribution is 2.14. The average molecular weight is 853 g/mol. The van der Waals surface area contributed by atoms with Crippen molar-refractivity contribution >= 4 is 17.9 Å². The fourth-order valence-corrected chi connectivity index (χ4v) is 7.08. The van der Waals surface area contributed by atoms with E-state index in [0.29, 0.717) is 19.3 Å². The molecule has 0 aromatic heterocycles. The van der Waals surface area contributed by atoms with Crippen molar-refractivity contribution in [3.63, 3.8) is 0 Å². The summed E-state index contributed by atoms with van der Waals surface area (Å²) in [6.07, 6.45) is 60.6. The van der Waals surface area contributed by atoms with Crippen molar-refractivity contribution < 1.29 is 28.6 Å². The van der Waals surface area contributed by atoms with Crippen LogP contribution in [0.15, 0.2) is 60.8 Å². The fraction of sp³-hybridized carbons (Fsp3) is 0.764. The van der Waals surface area contributed by atoms with Crippen molar-refractivity contribution in [1.29, 1.82) is 0 Å². The van der Waals surface area contributed by atoms with Gasteiger partial charge in [0.25, 0.3) is 0 Å². The van der Waals surface area contributed by atoms with Gasteiger partial charge in [-0.2, -0.15) is 0 Å². The Hall–Kier alpha value is -2.89. The summed E-state index contributed by atoms with van der Waals surface area (Å²) in [5.41, 5.74) is 0. The van der Waals surface area contributed by atoms with E-state index in [1.807, 2.05) is 0 Å². The van der Waals surface area contributed by atoms with E-state index >= 15 is 0 Å². The molecule has 0 aromatic rings. The molecule has 0 aliphatic carbocycles. The molecule has 6 nitrogen and oxygen atoms in total. The van der Waals surface area contributed by atoms with Crippen molar-refractivity contribution in [2.45, 2.75) is 258 Å². The zero-order valence-electron chi connectivity index (χ0n) is 40.2. The summed E-state index contributed by atoms with van der Waals surface area (Å²) in [6, 6.07) is 0. The zero-order chi connectivity index (χ0) is 44.4. The lowest BCUT2D eigenvalue weighted by molar-refractivity contribution is -0.167. The molecule has 0 bridgehead atoms. The van der Waals surface area contributed by atoms with Crippen LogP contribution in [0.25, 0.3) is 0 Å². The van der Waals surface area contributed by atoms with E-state index in [0.717, 1.165) is 64.2 Å². The number of hydrogen-bond acceptors (Lipinski definition) is 6. The lowest BCUT2D eigenvalue weighted by Crippen LogP contribution is -2.30. The van der Waals surface area contributed by atoms with Crippen LogP contribution in [-0.2, 0) is 28.6 Å². The number of esters is 3. The molecule has 0 spiro atoms. The van der Waals surface area contributed by atoms with Crippen molar-refractivity contribution in [3.05, 3.63) is 60.8 Å². The molecular formula is C55H96O6. The molecule has 1 unspecified atom stereocenters. The van der Waals surface area contributed by atoms with E-state index in [4.69, 9.17) is 14.2 Å². The molecule has 0 fully saturated rings. The smallest absolute Gasteiger partial charge is 0.306 e. The number of carbonyl (C=O) groups excluding carboxylic acids is 3. The summed E-state index contributed by atoms with van der Waals surface area (Å²) in [5.74, 6) is -0.951. The Labute approximate surface area is 377 Å². The molecule has 1 atom stereocenters. The Morgan fingerprint density at radius 3 is 1.05 bits per heavy atom. The molecule has 0 aromatic carbocycles. The van der Waals surface area contributed by atoms with Crippen LogP contribution in [0.1, 0.15) is 252 Å². The summed E-state index contributed by atoms with van der Waals surface area (Å²) in [5, 5.41) is 0. The standard InChI is InChI=1S/C55H96O6/c1-4-7-10-13-16-19-22-24-26-27-29-30-33-36-39-42-45-48-54(57)60-51-52(50-59-53(56)47-44-41-38-35-32-21-18-15-12-9-6-3)61-55(58)49-46-43-40-37-34-31-28-25-23-20-17-14-11-8-5-2/h16,19-20,23-24,26,29-30,36,39,52H,4-15,17-18,21-22,25,27-28,31-35,37-38,40-51H2,1-3H3/b19-16-,23-20-,26-24-,30-29-,39-36-. The number of ether oxygens (including phenoxy) is 3. The van der Waals surface area contributed by atoms with Gasteiger partial charge in [0.15, 0.2) is 6.10 Å². The van der Waals surface area contributed by atoms with Crippen LogP contribution in [0, 0.1) is 0 Å². The maximum Gasteiger partial charge on any atom is 0.306 e. The zero-order valence-corrected chi connectivity index (χ0v) is 40.2. The summed E-state index contributed by atoms with van der Waals surface area (Å²) in [6.45, 7) is 6.54. The van der Waals surface area contributed by atoms with Crippen molar-refractivity contribution in [2.75, 3.05) is 13.2 Å². The van der Waals surface area contributed by atoms with Gasteiger partial charge in [-0.3, -0.25) is 14.4 Å². The highest BCUT2D eigenvalue weighted by atomic mass is 16.6. The topological polar surface area (TPSA) is 78.9 Å². The SMILES string of the molecule is CCCCC/C=C\C/C=C\C/C=C\C/C=C\CCCC(=O)OCC(COC(=O)CCCCCCCCCCCCC)OC(=O)CCCCCCCCC/C=C\CCCCCC. The normalized spacial score (nSPS) is 12.5. The molecule has 61 heavy (non-hydrogen) atoms. The van der Waals surface area contributed by atoms with E-state index < -0.39 is 6.10 Å². The minimum atomic E-state index is -0.795. The Kier molecular flexibility index (Phi) is 47.4. The third-order valence-electron chi connectivity index (χ3n) is 11.0. The van der Waals surface area contributed by atoms with Gasteiger partial charge in [0.1, 0.15) is 13.2 Å². The molecule has 0 aliphatic rings. The maximum atomic E-state index is 12.8. The second-order valence-corrected chi connectivity index (χ2v) is 17.1. The second kappa shape index (κ2) is 49.8. The van der Waals surface area contributed by atoms with Crippen LogP contribution in [0.5, 0.6) is 0 Å². The van der Waals surface area contributed by atoms with Gasteiger partial charge >= 0.3 is 17.9 Å². The Balaban J connectivity index is 4.45. The molecule has 6 heteroatoms. The van der Waals surface area contributed by atoms with Gasteiger partial charge in [-0.1, -0.05) is 210 Å². The van der Waals surface area contributed by atoms with Gasteiger partial charge in [-0.05, 0) is 83.5 Å². The van der Waals surface area contributed by atoms with Gasteiger partial charge in [0.05, 0.1) is 0 Å². The lowest BCUT2D eigenvalue weighted by Gasteiger charge is -2.18. The Morgan fingerprint density at radius 1 is 0.328 bits per heavy atom. The van der Waals surface area contributed by atoms with Crippen molar-refractivity contribution in [3.8, 4) is 0 Å². The first-order valence-corrected chi connectivity index (χ1v) is 25.8. The van der Waals surface area contributed by atoms with Crippen LogP contribution in [0.4, 0.5) is 0 Å². The monoisotopic (exact) mass is 853 g/mol. The van der Waals surface area contributed by atoms with Crippen LogP contribution in [0.3, 0.4) is 0 Å². The van der Waals surface area contributed by atoms with Crippen LogP contribution in [0.2, 0.25) is 0 Å². The van der Waals surface area contributed by atoms with Gasteiger partial charge < -0.3 is 14.2 Å². The summed E-state index contributed by atoms with van der Waals surface area (Å²) < 4.78 is 16.7. The predicted octanol–water partition coefficient (Wildman–Crippen LogP) is 16.9. The molecule has 0 rings (SSSR count). The molecule has 0 radical (unpaired) electrons. The molecule has 0 saturated carbocycles. The van der Waals surface area contributed by atoms with Crippen molar-refractivity contribution in [1.82, 2.24) is 0 Å². The lowest BCUT2D eigenvalue weighted by atomic mass is 10.1. The van der Waals surface area contributed by atoms with Crippen molar-refractivity contribution in [2.24, 2.45) is 0 Å². The molecule has 0 amide bonds. The third-order valence-corrected chi connectivity index (χ3v) is 11.0. The first-order chi connectivity index (χ1) is 30.0. The first-order valence-electron chi connectivity index (χ1n) is 25.8. The molecule has 0 aliphatic heterocycles. The fourth-order valence-electron chi connectivity index (χ4n) is 7.08. The van der Waals surface area contributed by atoms with E-state index in [2.05, 4.69) is 81.5 Å². The summed E-state index contributed by atoms with van der Waals surface area (Å²) in [4.78, 5) is 37.9. The largest absolute Gasteiger partial charge is 0.462 e. The Morgan fingerprint density at radius 2 is 0.607 bits per heavy atom. The molecule has 0 heterocycles. The predicted molar refractivity (Wildman–Crippen MR) is 261 cm³/mol. The van der Waals surface area contributed by atoms with E-state index in [1.165, 1.54) is 141 Å². The minimum absolute atomic E-state index is 0.0911. The number of hydrogen-bond donors (Lipinski definition) is 0. The van der Waals surface area contributed by atoms with Gasteiger partial charge in [-0.25, -0.2) is 0 Å². The highest BCUT2D eigenvalue weighted by Gasteiger charge is 2.19. The first kappa shape index (κ1) is 58.1. The average Bonchev–Trinajstić information content (AvgIpc) is 3.26. The number of allylic oxidation sites excluding steroid dienone is 10. The van der Waals surface area contributed by atoms with E-state index in [-0.39, 0.29) is 37.5 Å². The quantitative estimate of drug-likeness (QED) is 0.0263. The maximum absolute atomic E-state index is 12.8. The Bertz CT molecular complexity index is 1120. The number of rotatable bonds is 46. The second-order valence-electron chi connectivity index (χ2n) is 17.1. The van der Waals surface area contributed by atoms with Gasteiger partial charge in [-0.15, -0.1) is 0 Å². The third kappa shape index (κ3) is 48.0. The minimum Gasteiger partial charge on any atom is -0.462 e. The van der Waals surface area contributed by atoms with E-state index in [9.17, 15) is 14.4 Å². The summed E-state index contributed by atoms with van der Waals surface area (Å²) in [7, 11) is 0. The molecular weight excluding hydrogens is 757 g/mol. The molecule has 0 N–H and O–H groups in total.